The van der Waals surface area contributed by atoms with Gasteiger partial charge in [0.15, 0.2) is 5.88 Å². The van der Waals surface area contributed by atoms with Crippen molar-refractivity contribution >= 4 is 8.32 Å². The molecule has 0 aromatic carbocycles. The monoisotopic (exact) mass is 295 g/mol. The predicted octanol–water partition coefficient (Wildman–Crippen LogP) is 5.67. The van der Waals surface area contributed by atoms with Crippen molar-refractivity contribution in [3.8, 4) is 0 Å². The summed E-state index contributed by atoms with van der Waals surface area (Å²) in [4.78, 5) is 2.20. The second kappa shape index (κ2) is 8.35. The molecule has 116 valence electrons. The summed E-state index contributed by atoms with van der Waals surface area (Å²) in [5, 5.41) is 0.208. The number of rotatable bonds is 8. The molecule has 0 bridgehead atoms. The molecule has 0 rings (SSSR count). The summed E-state index contributed by atoms with van der Waals surface area (Å²) < 4.78 is 6.45. The van der Waals surface area contributed by atoms with Crippen LogP contribution in [0.1, 0.15) is 47.5 Å². The molecule has 0 aromatic rings. The summed E-state index contributed by atoms with van der Waals surface area (Å²) in [6.45, 7) is 20.3. The maximum atomic E-state index is 6.45. The van der Waals surface area contributed by atoms with E-state index in [0.717, 1.165) is 18.8 Å². The van der Waals surface area contributed by atoms with Gasteiger partial charge in [0.25, 0.3) is 8.32 Å². The number of unbranched alkanes of at least 4 members (excludes halogenated alkanes) is 1. The van der Waals surface area contributed by atoms with Crippen LogP contribution in [0.4, 0.5) is 0 Å². The minimum Gasteiger partial charge on any atom is -0.532 e. The van der Waals surface area contributed by atoms with Crippen molar-refractivity contribution in [3.05, 3.63) is 36.9 Å². The van der Waals surface area contributed by atoms with Gasteiger partial charge in [-0.15, -0.1) is 0 Å². The van der Waals surface area contributed by atoms with E-state index in [-0.39, 0.29) is 5.04 Å². The zero-order chi connectivity index (χ0) is 15.8. The van der Waals surface area contributed by atoms with Crippen molar-refractivity contribution in [3.63, 3.8) is 0 Å². The third-order valence-corrected chi connectivity index (χ3v) is 8.18. The molecule has 0 N–H and O–H groups in total. The lowest BCUT2D eigenvalue weighted by atomic mass is 10.2. The van der Waals surface area contributed by atoms with Gasteiger partial charge in [-0.2, -0.15) is 0 Å². The molecule has 0 amide bonds. The fraction of sp³-hybridized carbons (Fsp3) is 0.647. The van der Waals surface area contributed by atoms with Crippen LogP contribution in [0, 0.1) is 0 Å². The largest absolute Gasteiger partial charge is 0.532 e. The van der Waals surface area contributed by atoms with Gasteiger partial charge in [0.1, 0.15) is 0 Å². The second-order valence-corrected chi connectivity index (χ2v) is 11.3. The van der Waals surface area contributed by atoms with Gasteiger partial charge in [-0.25, -0.2) is 0 Å². The Morgan fingerprint density at radius 1 is 1.30 bits per heavy atom. The molecule has 0 heterocycles. The van der Waals surface area contributed by atoms with E-state index < -0.39 is 8.32 Å². The van der Waals surface area contributed by atoms with E-state index >= 15 is 0 Å². The Labute approximate surface area is 127 Å². The predicted molar refractivity (Wildman–Crippen MR) is 93.0 cm³/mol. The van der Waals surface area contributed by atoms with E-state index in [9.17, 15) is 0 Å². The Hall–Kier alpha value is -0.963. The number of hydrogen-bond donors (Lipinski definition) is 0. The Balaban J connectivity index is 5.10. The van der Waals surface area contributed by atoms with Gasteiger partial charge in [0.2, 0.25) is 0 Å². The third kappa shape index (κ3) is 5.99. The van der Waals surface area contributed by atoms with E-state index in [4.69, 9.17) is 4.43 Å². The maximum Gasteiger partial charge on any atom is 0.252 e. The average molecular weight is 296 g/mol. The number of nitrogens with zero attached hydrogens (tertiary/aromatic N) is 1. The highest BCUT2D eigenvalue weighted by atomic mass is 28.4. The summed E-state index contributed by atoms with van der Waals surface area (Å²) in [6.07, 6.45) is 10.2. The topological polar surface area (TPSA) is 12.5 Å². The Kier molecular flexibility index (Phi) is 7.95. The standard InChI is InChI=1S/C17H33NOSi/c1-9-12-14-18(15-13-10-2)16(11-3)19-20(7,8)17(4,5)6/h9,11-12,14H,1,10,13,15H2,2-8H3/b14-12+,16-11+. The van der Waals surface area contributed by atoms with Crippen LogP contribution in [0.3, 0.4) is 0 Å². The molecule has 0 aromatic heterocycles. The zero-order valence-corrected chi connectivity index (χ0v) is 15.5. The van der Waals surface area contributed by atoms with Crippen LogP contribution in [0.5, 0.6) is 0 Å². The van der Waals surface area contributed by atoms with E-state index in [1.165, 1.54) is 6.42 Å². The van der Waals surface area contributed by atoms with Crippen LogP contribution in [0.15, 0.2) is 36.9 Å². The third-order valence-electron chi connectivity index (χ3n) is 3.85. The van der Waals surface area contributed by atoms with Gasteiger partial charge in [-0.05, 0) is 43.6 Å². The second-order valence-electron chi connectivity index (χ2n) is 6.61. The lowest BCUT2D eigenvalue weighted by Gasteiger charge is -2.39. The summed E-state index contributed by atoms with van der Waals surface area (Å²) in [7, 11) is -1.80. The molecule has 0 atom stereocenters. The molecule has 20 heavy (non-hydrogen) atoms. The quantitative estimate of drug-likeness (QED) is 0.325. The van der Waals surface area contributed by atoms with Gasteiger partial charge < -0.3 is 9.33 Å². The molecule has 0 aliphatic rings. The maximum absolute atomic E-state index is 6.45. The molecule has 3 heteroatoms. The molecule has 0 radical (unpaired) electrons. The first-order valence-corrected chi connectivity index (χ1v) is 10.5. The summed E-state index contributed by atoms with van der Waals surface area (Å²) in [5.41, 5.74) is 0. The highest BCUT2D eigenvalue weighted by molar-refractivity contribution is 6.74. The average Bonchev–Trinajstić information content (AvgIpc) is 2.35. The van der Waals surface area contributed by atoms with Gasteiger partial charge in [0.05, 0.1) is 0 Å². The van der Waals surface area contributed by atoms with Gasteiger partial charge in [0, 0.05) is 12.7 Å². The summed E-state index contributed by atoms with van der Waals surface area (Å²) >= 11 is 0. The fourth-order valence-corrected chi connectivity index (χ4v) is 2.51. The molecule has 0 saturated carbocycles. The van der Waals surface area contributed by atoms with Crippen molar-refractivity contribution in [2.24, 2.45) is 0 Å². The summed E-state index contributed by atoms with van der Waals surface area (Å²) in [5.74, 6) is 0.975. The van der Waals surface area contributed by atoms with Crippen molar-refractivity contribution in [2.75, 3.05) is 6.54 Å². The lowest BCUT2D eigenvalue weighted by Crippen LogP contribution is -2.42. The molecular formula is C17H33NOSi. The van der Waals surface area contributed by atoms with Crippen molar-refractivity contribution in [1.82, 2.24) is 4.90 Å². The van der Waals surface area contributed by atoms with Crippen molar-refractivity contribution < 1.29 is 4.43 Å². The fourth-order valence-electron chi connectivity index (χ4n) is 1.45. The highest BCUT2D eigenvalue weighted by Gasteiger charge is 2.39. The van der Waals surface area contributed by atoms with Crippen LogP contribution < -0.4 is 0 Å². The Bertz CT molecular complexity index is 350. The van der Waals surface area contributed by atoms with Crippen LogP contribution in [0.25, 0.3) is 0 Å². The SMILES string of the molecule is C=C/C=C/N(CCCC)/C(=C\C)O[Si](C)(C)C(C)(C)C. The van der Waals surface area contributed by atoms with E-state index in [1.54, 1.807) is 6.08 Å². The highest BCUT2D eigenvalue weighted by Crippen LogP contribution is 2.38. The number of hydrogen-bond acceptors (Lipinski definition) is 2. The normalized spacial score (nSPS) is 13.7. The Morgan fingerprint density at radius 2 is 1.90 bits per heavy atom. The van der Waals surface area contributed by atoms with Crippen molar-refractivity contribution in [2.45, 2.75) is 65.6 Å². The molecule has 0 saturated heterocycles. The molecule has 0 unspecified atom stereocenters. The molecular weight excluding hydrogens is 262 g/mol. The Morgan fingerprint density at radius 3 is 2.30 bits per heavy atom. The van der Waals surface area contributed by atoms with Crippen LogP contribution in [-0.4, -0.2) is 19.8 Å². The minimum atomic E-state index is -1.80. The van der Waals surface area contributed by atoms with Crippen LogP contribution in [0.2, 0.25) is 18.1 Å². The number of allylic oxidation sites excluding steroid dienone is 3. The first-order valence-electron chi connectivity index (χ1n) is 7.60. The van der Waals surface area contributed by atoms with E-state index in [1.807, 2.05) is 13.0 Å². The molecule has 2 nitrogen and oxygen atoms in total. The molecule has 0 spiro atoms. The molecule has 0 aliphatic heterocycles. The first-order chi connectivity index (χ1) is 9.19. The van der Waals surface area contributed by atoms with Crippen molar-refractivity contribution in [1.29, 1.82) is 0 Å². The summed E-state index contributed by atoms with van der Waals surface area (Å²) in [6, 6.07) is 0. The first kappa shape index (κ1) is 19.0. The molecule has 0 aliphatic carbocycles. The van der Waals surface area contributed by atoms with Gasteiger partial charge >= 0.3 is 0 Å². The smallest absolute Gasteiger partial charge is 0.252 e. The molecule has 0 fully saturated rings. The van der Waals surface area contributed by atoms with Crippen LogP contribution in [-0.2, 0) is 4.43 Å². The van der Waals surface area contributed by atoms with Gasteiger partial charge in [-0.3, -0.25) is 0 Å². The zero-order valence-electron chi connectivity index (χ0n) is 14.5. The minimum absolute atomic E-state index is 0.208. The van der Waals surface area contributed by atoms with E-state index in [0.29, 0.717) is 0 Å². The van der Waals surface area contributed by atoms with Crippen LogP contribution >= 0.6 is 0 Å². The van der Waals surface area contributed by atoms with E-state index in [2.05, 4.69) is 64.5 Å². The van der Waals surface area contributed by atoms with Gasteiger partial charge in [-0.1, -0.05) is 46.8 Å². The lowest BCUT2D eigenvalue weighted by molar-refractivity contribution is 0.250.